The molecular weight excluding hydrogens is 813 g/mol. The molecule has 0 saturated heterocycles. The number of nitrogens with zero attached hydrogens (tertiary/aromatic N) is 2. The Morgan fingerprint density at radius 2 is 0.545 bits per heavy atom. The van der Waals surface area contributed by atoms with Gasteiger partial charge in [-0.2, -0.15) is 0 Å². The first-order chi connectivity index (χ1) is 32.4. The van der Waals surface area contributed by atoms with Crippen LogP contribution in [0.1, 0.15) is 0 Å². The zero-order valence-corrected chi connectivity index (χ0v) is 36.5. The SMILES string of the molecule is COc1ccc(-c2ccccc2)cc1-c1cccc(-c2cc(-c3ccccc3)ccc2OC)n1.Oc1ccc(-c2ccccc2)cc1-c1cccc(-c2cc(-c3ccccc3)ccc2O)n1. The lowest BCUT2D eigenvalue weighted by molar-refractivity contribution is 0.416. The fourth-order valence-corrected chi connectivity index (χ4v) is 8.01. The minimum atomic E-state index is 0.164. The number of hydrogen-bond donors (Lipinski definition) is 2. The van der Waals surface area contributed by atoms with E-state index in [0.29, 0.717) is 22.5 Å². The van der Waals surface area contributed by atoms with Gasteiger partial charge in [-0.25, -0.2) is 9.97 Å². The lowest BCUT2D eigenvalue weighted by atomic mass is 9.99. The number of hydrogen-bond acceptors (Lipinski definition) is 6. The molecule has 0 atom stereocenters. The van der Waals surface area contributed by atoms with Gasteiger partial charge in [0.2, 0.25) is 0 Å². The molecule has 6 nitrogen and oxygen atoms in total. The standard InChI is InChI=1S/C31H25NO2.C29H21NO2/c1-33-30-18-16-24(22-10-5-3-6-11-22)20-26(30)28-14-9-15-29(32-28)27-21-25(17-19-31(27)34-2)23-12-7-4-8-13-23;31-28-16-14-22(20-8-3-1-4-9-20)18-24(28)26-12-7-13-27(30-26)25-19-23(15-17-29(25)32)21-10-5-2-6-11-21/h3-21H,1-2H3;1-19,31-32H. The average Bonchev–Trinajstić information content (AvgIpc) is 3.40. The minimum absolute atomic E-state index is 0.164. The van der Waals surface area contributed by atoms with Crippen LogP contribution in [-0.2, 0) is 0 Å². The Kier molecular flexibility index (Phi) is 12.7. The molecule has 2 N–H and O–H groups in total. The number of ether oxygens (including phenoxy) is 2. The van der Waals surface area contributed by atoms with Crippen molar-refractivity contribution in [2.24, 2.45) is 0 Å². The van der Waals surface area contributed by atoms with Crippen molar-refractivity contribution in [3.05, 3.63) is 231 Å². The number of phenols is 2. The van der Waals surface area contributed by atoms with Crippen LogP contribution in [0.2, 0.25) is 0 Å². The molecule has 6 heteroatoms. The third-order valence-electron chi connectivity index (χ3n) is 11.4. The monoisotopic (exact) mass is 858 g/mol. The Labute approximate surface area is 385 Å². The molecule has 0 aliphatic heterocycles. The number of aromatic nitrogens is 2. The molecule has 8 aromatic carbocycles. The van der Waals surface area contributed by atoms with Gasteiger partial charge in [0.15, 0.2) is 0 Å². The first kappa shape index (κ1) is 42.6. The topological polar surface area (TPSA) is 84.7 Å². The predicted octanol–water partition coefficient (Wildman–Crippen LogP) is 14.9. The molecule has 0 radical (unpaired) electrons. The summed E-state index contributed by atoms with van der Waals surface area (Å²) in [5.74, 6) is 1.90. The Hall–Kier alpha value is -8.74. The van der Waals surface area contributed by atoms with Gasteiger partial charge in [-0.3, -0.25) is 0 Å². The van der Waals surface area contributed by atoms with Crippen molar-refractivity contribution in [1.29, 1.82) is 0 Å². The van der Waals surface area contributed by atoms with Crippen molar-refractivity contribution in [2.45, 2.75) is 0 Å². The van der Waals surface area contributed by atoms with Crippen LogP contribution < -0.4 is 9.47 Å². The highest BCUT2D eigenvalue weighted by Gasteiger charge is 2.16. The largest absolute Gasteiger partial charge is 0.507 e. The van der Waals surface area contributed by atoms with Gasteiger partial charge in [0, 0.05) is 22.3 Å². The molecule has 0 spiro atoms. The van der Waals surface area contributed by atoms with Crippen LogP contribution in [0.4, 0.5) is 0 Å². The first-order valence-electron chi connectivity index (χ1n) is 21.6. The van der Waals surface area contributed by atoms with Crippen LogP contribution >= 0.6 is 0 Å². The summed E-state index contributed by atoms with van der Waals surface area (Å²) >= 11 is 0. The molecule has 2 heterocycles. The summed E-state index contributed by atoms with van der Waals surface area (Å²) in [6, 6.07) is 75.9. The minimum Gasteiger partial charge on any atom is -0.507 e. The lowest BCUT2D eigenvalue weighted by Gasteiger charge is -2.14. The maximum Gasteiger partial charge on any atom is 0.128 e. The maximum atomic E-state index is 10.6. The molecule has 0 saturated carbocycles. The summed E-state index contributed by atoms with van der Waals surface area (Å²) < 4.78 is 11.4. The molecule has 2 aromatic heterocycles. The third-order valence-corrected chi connectivity index (χ3v) is 11.4. The van der Waals surface area contributed by atoms with E-state index in [1.165, 1.54) is 0 Å². The van der Waals surface area contributed by atoms with Gasteiger partial charge in [0.05, 0.1) is 37.0 Å². The van der Waals surface area contributed by atoms with Crippen molar-refractivity contribution in [3.8, 4) is 113 Å². The summed E-state index contributed by atoms with van der Waals surface area (Å²) in [6.07, 6.45) is 0. The first-order valence-corrected chi connectivity index (χ1v) is 21.6. The smallest absolute Gasteiger partial charge is 0.128 e. The van der Waals surface area contributed by atoms with Gasteiger partial charge in [-0.1, -0.05) is 158 Å². The van der Waals surface area contributed by atoms with Crippen molar-refractivity contribution in [2.75, 3.05) is 14.2 Å². The molecule has 320 valence electrons. The fourth-order valence-electron chi connectivity index (χ4n) is 8.01. The van der Waals surface area contributed by atoms with Gasteiger partial charge in [-0.05, 0) is 117 Å². The Morgan fingerprint density at radius 3 is 0.848 bits per heavy atom. The second-order valence-corrected chi connectivity index (χ2v) is 15.6. The zero-order chi connectivity index (χ0) is 45.2. The molecule has 0 aliphatic carbocycles. The molecule has 0 aliphatic rings. The summed E-state index contributed by atoms with van der Waals surface area (Å²) in [5.41, 5.74) is 14.8. The molecule has 0 bridgehead atoms. The van der Waals surface area contributed by atoms with E-state index < -0.39 is 0 Å². The van der Waals surface area contributed by atoms with E-state index in [0.717, 1.165) is 78.5 Å². The summed E-state index contributed by atoms with van der Waals surface area (Å²) in [4.78, 5) is 9.82. The van der Waals surface area contributed by atoms with Crippen LogP contribution in [-0.4, -0.2) is 34.4 Å². The van der Waals surface area contributed by atoms with E-state index in [9.17, 15) is 10.2 Å². The second-order valence-electron chi connectivity index (χ2n) is 15.6. The van der Waals surface area contributed by atoms with Gasteiger partial charge < -0.3 is 19.7 Å². The van der Waals surface area contributed by atoms with Crippen LogP contribution in [0.15, 0.2) is 231 Å². The number of phenolic OH excluding ortho intramolecular Hbond substituents is 2. The normalized spacial score (nSPS) is 10.7. The Balaban J connectivity index is 0.000000166. The van der Waals surface area contributed by atoms with E-state index in [2.05, 4.69) is 48.5 Å². The van der Waals surface area contributed by atoms with Crippen LogP contribution in [0, 0.1) is 0 Å². The van der Waals surface area contributed by atoms with E-state index >= 15 is 0 Å². The highest BCUT2D eigenvalue weighted by Crippen LogP contribution is 2.39. The second kappa shape index (κ2) is 19.8. The fraction of sp³-hybridized carbons (Fsp3) is 0.0333. The van der Waals surface area contributed by atoms with E-state index in [1.807, 2.05) is 170 Å². The van der Waals surface area contributed by atoms with Crippen molar-refractivity contribution in [3.63, 3.8) is 0 Å². The van der Waals surface area contributed by atoms with Crippen LogP contribution in [0.25, 0.3) is 89.5 Å². The molecular formula is C60H46N2O4. The van der Waals surface area contributed by atoms with E-state index in [1.54, 1.807) is 26.4 Å². The number of pyridine rings is 2. The highest BCUT2D eigenvalue weighted by molar-refractivity contribution is 5.82. The van der Waals surface area contributed by atoms with Crippen LogP contribution in [0.3, 0.4) is 0 Å². The van der Waals surface area contributed by atoms with Gasteiger partial charge in [0.1, 0.15) is 23.0 Å². The van der Waals surface area contributed by atoms with Crippen molar-refractivity contribution >= 4 is 0 Å². The molecule has 10 rings (SSSR count). The lowest BCUT2D eigenvalue weighted by Crippen LogP contribution is -1.95. The van der Waals surface area contributed by atoms with E-state index in [-0.39, 0.29) is 11.5 Å². The number of aromatic hydroxyl groups is 2. The molecule has 10 aromatic rings. The van der Waals surface area contributed by atoms with Crippen molar-refractivity contribution < 1.29 is 19.7 Å². The predicted molar refractivity (Wildman–Crippen MR) is 268 cm³/mol. The van der Waals surface area contributed by atoms with E-state index in [4.69, 9.17) is 19.4 Å². The number of methoxy groups -OCH3 is 2. The molecule has 66 heavy (non-hydrogen) atoms. The van der Waals surface area contributed by atoms with Gasteiger partial charge in [-0.15, -0.1) is 0 Å². The number of rotatable bonds is 10. The van der Waals surface area contributed by atoms with Crippen molar-refractivity contribution in [1.82, 2.24) is 9.97 Å². The highest BCUT2D eigenvalue weighted by atomic mass is 16.5. The maximum absolute atomic E-state index is 10.6. The van der Waals surface area contributed by atoms with Gasteiger partial charge in [0.25, 0.3) is 0 Å². The summed E-state index contributed by atoms with van der Waals surface area (Å²) in [6.45, 7) is 0. The van der Waals surface area contributed by atoms with Gasteiger partial charge >= 0.3 is 0 Å². The summed E-state index contributed by atoms with van der Waals surface area (Å²) in [5, 5.41) is 21.1. The molecule has 0 unspecified atom stereocenters. The molecule has 0 amide bonds. The number of benzene rings is 8. The van der Waals surface area contributed by atoms with Crippen LogP contribution in [0.5, 0.6) is 23.0 Å². The molecule has 0 fully saturated rings. The average molecular weight is 859 g/mol. The Bertz CT molecular complexity index is 3020. The zero-order valence-electron chi connectivity index (χ0n) is 36.5. The summed E-state index contributed by atoms with van der Waals surface area (Å²) in [7, 11) is 3.38. The quantitative estimate of drug-likeness (QED) is 0.142. The Morgan fingerprint density at radius 1 is 0.273 bits per heavy atom. The third kappa shape index (κ3) is 9.44.